The monoisotopic (exact) mass is 240 g/mol. The Labute approximate surface area is 108 Å². The van der Waals surface area contributed by atoms with Crippen molar-refractivity contribution in [3.8, 4) is 0 Å². The van der Waals surface area contributed by atoms with Crippen LogP contribution in [0.5, 0.6) is 0 Å². The standard InChI is InChI=1S/C15H32N2/c1-6-11-16-14(15(2,3)17(4)5)12-13-9-7-8-10-13/h13-14,16H,6-12H2,1-5H3. The maximum absolute atomic E-state index is 3.78. The summed E-state index contributed by atoms with van der Waals surface area (Å²) in [6.07, 6.45) is 8.39. The Morgan fingerprint density at radius 1 is 1.24 bits per heavy atom. The van der Waals surface area contributed by atoms with Crippen LogP contribution in [0.25, 0.3) is 0 Å². The highest BCUT2D eigenvalue weighted by Gasteiger charge is 2.33. The SMILES string of the molecule is CCCNC(CC1CCCC1)C(C)(C)N(C)C. The van der Waals surface area contributed by atoms with Gasteiger partial charge in [-0.1, -0.05) is 32.6 Å². The van der Waals surface area contributed by atoms with Crippen molar-refractivity contribution in [1.29, 1.82) is 0 Å². The lowest BCUT2D eigenvalue weighted by Crippen LogP contribution is -2.55. The van der Waals surface area contributed by atoms with Crippen LogP contribution in [0, 0.1) is 5.92 Å². The van der Waals surface area contributed by atoms with Crippen LogP contribution in [-0.4, -0.2) is 37.1 Å². The van der Waals surface area contributed by atoms with E-state index >= 15 is 0 Å². The average Bonchev–Trinajstić information content (AvgIpc) is 2.76. The second-order valence-electron chi connectivity index (χ2n) is 6.44. The lowest BCUT2D eigenvalue weighted by molar-refractivity contribution is 0.121. The van der Waals surface area contributed by atoms with Gasteiger partial charge in [-0.25, -0.2) is 0 Å². The Morgan fingerprint density at radius 2 is 1.82 bits per heavy atom. The number of nitrogens with zero attached hydrogens (tertiary/aromatic N) is 1. The maximum Gasteiger partial charge on any atom is 0.0300 e. The van der Waals surface area contributed by atoms with Crippen molar-refractivity contribution in [1.82, 2.24) is 10.2 Å². The van der Waals surface area contributed by atoms with E-state index in [0.29, 0.717) is 6.04 Å². The molecule has 102 valence electrons. The zero-order chi connectivity index (χ0) is 12.9. The van der Waals surface area contributed by atoms with E-state index in [1.807, 2.05) is 0 Å². The minimum Gasteiger partial charge on any atom is -0.312 e. The molecule has 1 saturated carbocycles. The van der Waals surface area contributed by atoms with Gasteiger partial charge in [0.05, 0.1) is 0 Å². The van der Waals surface area contributed by atoms with Gasteiger partial charge in [0.1, 0.15) is 0 Å². The Morgan fingerprint density at radius 3 is 2.29 bits per heavy atom. The smallest absolute Gasteiger partial charge is 0.0300 e. The molecule has 1 aliphatic rings. The van der Waals surface area contributed by atoms with Gasteiger partial charge in [-0.3, -0.25) is 0 Å². The van der Waals surface area contributed by atoms with Crippen LogP contribution in [0.2, 0.25) is 0 Å². The highest BCUT2D eigenvalue weighted by molar-refractivity contribution is 4.93. The van der Waals surface area contributed by atoms with Gasteiger partial charge in [-0.2, -0.15) is 0 Å². The molecule has 1 fully saturated rings. The quantitative estimate of drug-likeness (QED) is 0.735. The fourth-order valence-electron chi connectivity index (χ4n) is 2.83. The molecule has 2 heteroatoms. The van der Waals surface area contributed by atoms with Crippen molar-refractivity contribution >= 4 is 0 Å². The molecule has 2 nitrogen and oxygen atoms in total. The van der Waals surface area contributed by atoms with Crippen LogP contribution in [0.3, 0.4) is 0 Å². The molecule has 0 amide bonds. The second-order valence-corrected chi connectivity index (χ2v) is 6.44. The van der Waals surface area contributed by atoms with Crippen molar-refractivity contribution in [2.24, 2.45) is 5.92 Å². The first-order valence-electron chi connectivity index (χ1n) is 7.39. The summed E-state index contributed by atoms with van der Waals surface area (Å²) in [6, 6.07) is 0.626. The molecular formula is C15H32N2. The Kier molecular flexibility index (Phi) is 5.94. The molecule has 0 heterocycles. The fourth-order valence-corrected chi connectivity index (χ4v) is 2.83. The van der Waals surface area contributed by atoms with Crippen molar-refractivity contribution in [2.75, 3.05) is 20.6 Å². The Balaban J connectivity index is 2.58. The summed E-state index contributed by atoms with van der Waals surface area (Å²) in [5.74, 6) is 0.962. The normalized spacial score (nSPS) is 20.1. The van der Waals surface area contributed by atoms with Crippen LogP contribution in [-0.2, 0) is 0 Å². The van der Waals surface area contributed by atoms with Crippen LogP contribution >= 0.6 is 0 Å². The summed E-state index contributed by atoms with van der Waals surface area (Å²) in [7, 11) is 4.41. The summed E-state index contributed by atoms with van der Waals surface area (Å²) < 4.78 is 0. The van der Waals surface area contributed by atoms with Crippen molar-refractivity contribution in [3.05, 3.63) is 0 Å². The highest BCUT2D eigenvalue weighted by atomic mass is 15.2. The summed E-state index contributed by atoms with van der Waals surface area (Å²) in [5.41, 5.74) is 0.248. The Hall–Kier alpha value is -0.0800. The van der Waals surface area contributed by atoms with Crippen molar-refractivity contribution < 1.29 is 0 Å². The van der Waals surface area contributed by atoms with E-state index in [1.54, 1.807) is 0 Å². The van der Waals surface area contributed by atoms with Gasteiger partial charge in [-0.05, 0) is 53.2 Å². The van der Waals surface area contributed by atoms with Crippen molar-refractivity contribution in [2.45, 2.75) is 70.9 Å². The summed E-state index contributed by atoms with van der Waals surface area (Å²) in [5, 5.41) is 3.78. The van der Waals surface area contributed by atoms with Gasteiger partial charge in [0, 0.05) is 11.6 Å². The fraction of sp³-hybridized carbons (Fsp3) is 1.00. The third-order valence-corrected chi connectivity index (χ3v) is 4.69. The van der Waals surface area contributed by atoms with E-state index < -0.39 is 0 Å². The number of hydrogen-bond donors (Lipinski definition) is 1. The second kappa shape index (κ2) is 6.75. The average molecular weight is 240 g/mol. The third kappa shape index (κ3) is 4.26. The lowest BCUT2D eigenvalue weighted by Gasteiger charge is -2.42. The number of nitrogens with one attached hydrogen (secondary N) is 1. The third-order valence-electron chi connectivity index (χ3n) is 4.69. The molecule has 0 aromatic carbocycles. The topological polar surface area (TPSA) is 15.3 Å². The molecule has 1 rings (SSSR count). The zero-order valence-corrected chi connectivity index (χ0v) is 12.6. The molecule has 1 atom stereocenters. The number of likely N-dealkylation sites (N-methyl/N-ethyl adjacent to an activating group) is 1. The van der Waals surface area contributed by atoms with Gasteiger partial charge in [0.2, 0.25) is 0 Å². The van der Waals surface area contributed by atoms with E-state index in [2.05, 4.69) is 45.1 Å². The lowest BCUT2D eigenvalue weighted by atomic mass is 9.85. The molecule has 1 unspecified atom stereocenters. The first-order valence-corrected chi connectivity index (χ1v) is 7.39. The van der Waals surface area contributed by atoms with Gasteiger partial charge < -0.3 is 10.2 Å². The largest absolute Gasteiger partial charge is 0.312 e. The predicted molar refractivity (Wildman–Crippen MR) is 76.4 cm³/mol. The maximum atomic E-state index is 3.78. The molecular weight excluding hydrogens is 208 g/mol. The van der Waals surface area contributed by atoms with Gasteiger partial charge >= 0.3 is 0 Å². The minimum atomic E-state index is 0.248. The molecule has 1 aliphatic carbocycles. The molecule has 1 N–H and O–H groups in total. The minimum absolute atomic E-state index is 0.248. The number of rotatable bonds is 7. The Bertz CT molecular complexity index is 205. The van der Waals surface area contributed by atoms with Crippen LogP contribution in [0.1, 0.15) is 59.3 Å². The summed E-state index contributed by atoms with van der Waals surface area (Å²) >= 11 is 0. The van der Waals surface area contributed by atoms with E-state index in [-0.39, 0.29) is 5.54 Å². The first-order chi connectivity index (χ1) is 7.98. The van der Waals surface area contributed by atoms with E-state index in [0.717, 1.165) is 12.5 Å². The predicted octanol–water partition coefficient (Wildman–Crippen LogP) is 3.28. The van der Waals surface area contributed by atoms with Gasteiger partial charge in [0.15, 0.2) is 0 Å². The molecule has 0 saturated heterocycles. The molecule has 0 aromatic rings. The molecule has 0 aromatic heterocycles. The van der Waals surface area contributed by atoms with Gasteiger partial charge in [-0.15, -0.1) is 0 Å². The van der Waals surface area contributed by atoms with E-state index in [1.165, 1.54) is 38.5 Å². The molecule has 0 spiro atoms. The van der Waals surface area contributed by atoms with Crippen LogP contribution in [0.4, 0.5) is 0 Å². The molecule has 0 radical (unpaired) electrons. The van der Waals surface area contributed by atoms with Gasteiger partial charge in [0.25, 0.3) is 0 Å². The molecule has 17 heavy (non-hydrogen) atoms. The first kappa shape index (κ1) is 15.0. The molecule has 0 aliphatic heterocycles. The molecule has 0 bridgehead atoms. The zero-order valence-electron chi connectivity index (χ0n) is 12.6. The van der Waals surface area contributed by atoms with E-state index in [9.17, 15) is 0 Å². The summed E-state index contributed by atoms with van der Waals surface area (Å²) in [4.78, 5) is 2.37. The van der Waals surface area contributed by atoms with Crippen molar-refractivity contribution in [3.63, 3.8) is 0 Å². The number of hydrogen-bond acceptors (Lipinski definition) is 2. The highest BCUT2D eigenvalue weighted by Crippen LogP contribution is 2.32. The summed E-state index contributed by atoms with van der Waals surface area (Å²) in [6.45, 7) is 8.14. The van der Waals surface area contributed by atoms with Crippen LogP contribution < -0.4 is 5.32 Å². The van der Waals surface area contributed by atoms with E-state index in [4.69, 9.17) is 0 Å². The van der Waals surface area contributed by atoms with Crippen LogP contribution in [0.15, 0.2) is 0 Å².